The predicted molar refractivity (Wildman–Crippen MR) is 475 cm³/mol. The van der Waals surface area contributed by atoms with Gasteiger partial charge < -0.3 is 32.6 Å². The van der Waals surface area contributed by atoms with Crippen molar-refractivity contribution in [3.8, 4) is 39.6 Å². The number of thiophene rings is 1. The van der Waals surface area contributed by atoms with Crippen LogP contribution in [0.2, 0.25) is 0 Å². The Bertz CT molecular complexity index is 8130. The molecular formula is C102H59B2N7S. The minimum atomic E-state index is -0.121. The lowest BCUT2D eigenvalue weighted by Gasteiger charge is -2.36. The van der Waals surface area contributed by atoms with Crippen molar-refractivity contribution in [3.63, 3.8) is 0 Å². The lowest BCUT2D eigenvalue weighted by Crippen LogP contribution is -2.59. The van der Waals surface area contributed by atoms with Crippen molar-refractivity contribution >= 4 is 221 Å². The summed E-state index contributed by atoms with van der Waals surface area (Å²) in [5.74, 6) is 0. The number of benzene rings is 17. The van der Waals surface area contributed by atoms with Gasteiger partial charge in [-0.3, -0.25) is 0 Å². The van der Waals surface area contributed by atoms with Gasteiger partial charge in [0.1, 0.15) is 0 Å². The van der Waals surface area contributed by atoms with Crippen molar-refractivity contribution in [1.29, 1.82) is 0 Å². The van der Waals surface area contributed by atoms with Crippen LogP contribution < -0.4 is 42.6 Å². The molecule has 514 valence electrons. The van der Waals surface area contributed by atoms with E-state index in [1.54, 1.807) is 0 Å². The molecule has 10 heteroatoms. The molecule has 4 aliphatic rings. The number of anilines is 6. The summed E-state index contributed by atoms with van der Waals surface area (Å²) in [7, 11) is 0. The van der Waals surface area contributed by atoms with E-state index in [1.807, 2.05) is 11.3 Å². The average molecular weight is 1440 g/mol. The molecule has 0 fully saturated rings. The van der Waals surface area contributed by atoms with E-state index in [9.17, 15) is 0 Å². The highest BCUT2D eigenvalue weighted by Gasteiger charge is 2.46. The van der Waals surface area contributed by atoms with Crippen molar-refractivity contribution < 1.29 is 0 Å². The Morgan fingerprint density at radius 1 is 0.214 bits per heavy atom. The van der Waals surface area contributed by atoms with Gasteiger partial charge in [0.2, 0.25) is 0 Å². The lowest BCUT2D eigenvalue weighted by atomic mass is 9.34. The second-order valence-electron chi connectivity index (χ2n) is 30.9. The summed E-state index contributed by atoms with van der Waals surface area (Å²) in [6.45, 7) is -0.191. The molecule has 0 atom stereocenters. The van der Waals surface area contributed by atoms with Gasteiger partial charge in [0, 0.05) is 136 Å². The summed E-state index contributed by atoms with van der Waals surface area (Å²) >= 11 is 1.96. The van der Waals surface area contributed by atoms with Crippen LogP contribution >= 0.6 is 11.3 Å². The number of rotatable bonds is 8. The number of aromatic nitrogens is 5. The molecule has 23 aromatic rings. The van der Waals surface area contributed by atoms with E-state index in [0.29, 0.717) is 0 Å². The van der Waals surface area contributed by atoms with E-state index >= 15 is 0 Å². The molecular weight excluding hydrogens is 1380 g/mol. The van der Waals surface area contributed by atoms with Gasteiger partial charge in [-0.1, -0.05) is 224 Å². The lowest BCUT2D eigenvalue weighted by molar-refractivity contribution is 1.13. The fourth-order valence-electron chi connectivity index (χ4n) is 21.3. The molecule has 0 amide bonds. The summed E-state index contributed by atoms with van der Waals surface area (Å²) in [5, 5.41) is 15.2. The van der Waals surface area contributed by atoms with Crippen LogP contribution in [0.3, 0.4) is 0 Å². The molecule has 0 saturated heterocycles. The molecule has 0 N–H and O–H groups in total. The van der Waals surface area contributed by atoms with Crippen molar-refractivity contribution in [2.45, 2.75) is 0 Å². The van der Waals surface area contributed by atoms with Crippen LogP contribution in [0.15, 0.2) is 358 Å². The third-order valence-corrected chi connectivity index (χ3v) is 26.7. The topological polar surface area (TPSA) is 31.1 Å². The average Bonchev–Trinajstić information content (AvgIpc) is 1.44. The van der Waals surface area contributed by atoms with Crippen LogP contribution in [0.1, 0.15) is 0 Å². The summed E-state index contributed by atoms with van der Waals surface area (Å²) in [5.41, 5.74) is 35.3. The standard InChI is InChI=1S/C102H59B2N7S/c1-5-27-62(28-6-1)105(63-29-7-2-8-30-63)67-54-89-94-91(55-67)111-87-49-22-17-40-73(87)79-59-80-74-51-50-61(53-92(74)112-102(80)96(101(79)111)104(94)82-44-25-42-76-70-37-14-20-47-85(70)109(89)98(76)82)60-26-23-35-66(52-60)106(64-31-9-3-10-32-64)68-56-88-93-90(57-68)110-86-48-21-16-39-72(86)78-58-77-71-38-15-18-45-83(71)107(65-33-11-4-12-34-65)99(77)95(100(78)110)103(93)81-43-24-41-75-69-36-13-19-46-84(69)108(88)97(75)81/h1-59H. The van der Waals surface area contributed by atoms with Gasteiger partial charge in [-0.15, -0.1) is 11.3 Å². The van der Waals surface area contributed by atoms with Crippen LogP contribution in [-0.4, -0.2) is 36.3 Å². The highest BCUT2D eigenvalue weighted by Crippen LogP contribution is 2.50. The predicted octanol–water partition coefficient (Wildman–Crippen LogP) is 22.4. The Kier molecular flexibility index (Phi) is 11.6. The quantitative estimate of drug-likeness (QED) is 0.142. The maximum absolute atomic E-state index is 2.65. The third kappa shape index (κ3) is 7.61. The summed E-state index contributed by atoms with van der Waals surface area (Å²) < 4.78 is 15.7. The fraction of sp³-hybridized carbons (Fsp3) is 0. The Morgan fingerprint density at radius 2 is 0.571 bits per heavy atom. The maximum atomic E-state index is 2.65. The van der Waals surface area contributed by atoms with E-state index in [1.165, 1.54) is 190 Å². The first kappa shape index (κ1) is 59.7. The Labute approximate surface area is 646 Å². The fourth-order valence-corrected chi connectivity index (χ4v) is 22.6. The molecule has 0 radical (unpaired) electrons. The van der Waals surface area contributed by atoms with Gasteiger partial charge in [-0.05, 0) is 177 Å². The first-order valence-corrected chi connectivity index (χ1v) is 39.7. The van der Waals surface area contributed by atoms with Gasteiger partial charge in [0.15, 0.2) is 0 Å². The minimum absolute atomic E-state index is 0.0701. The zero-order chi connectivity index (χ0) is 72.4. The number of para-hydroxylation sites is 11. The Morgan fingerprint density at radius 3 is 1.06 bits per heavy atom. The molecule has 0 aliphatic carbocycles. The molecule has 10 heterocycles. The van der Waals surface area contributed by atoms with Crippen molar-refractivity contribution in [3.05, 3.63) is 358 Å². The van der Waals surface area contributed by atoms with Crippen LogP contribution in [0.25, 0.3) is 169 Å². The van der Waals surface area contributed by atoms with Gasteiger partial charge in [0.25, 0.3) is 13.4 Å². The highest BCUT2D eigenvalue weighted by molar-refractivity contribution is 7.28. The SMILES string of the molecule is c1ccc(N(c2ccccc2)c2cc3c4c(c2)-n2c5ccccc5c5cc6c(sc7cc(-c8cccc(N(c9ccccc9)c9cc%10c%11c(c9)-n9c%12ccccc%12c%12cc%13c%14ccccc%14n(-c%14ccccc%14)c%13c(c%129)B%11c9cccc%11c%12ccccc%12n-%10c9%11)c8)ccc76)c(c52)B4c2cccc4c5ccccc5n-3c24)cc1. The van der Waals surface area contributed by atoms with Crippen LogP contribution in [0.5, 0.6) is 0 Å². The van der Waals surface area contributed by atoms with Gasteiger partial charge in [-0.2, -0.15) is 0 Å². The molecule has 6 aromatic heterocycles. The molecule has 0 saturated carbocycles. The van der Waals surface area contributed by atoms with E-state index in [2.05, 4.69) is 391 Å². The third-order valence-electron chi connectivity index (χ3n) is 25.5. The molecule has 0 bridgehead atoms. The number of hydrogen-bond donors (Lipinski definition) is 0. The van der Waals surface area contributed by atoms with Crippen LogP contribution in [0, 0.1) is 0 Å². The Hall–Kier alpha value is -14.3. The number of nitrogens with zero attached hydrogens (tertiary/aromatic N) is 7. The van der Waals surface area contributed by atoms with Crippen molar-refractivity contribution in [2.24, 2.45) is 0 Å². The molecule has 27 rings (SSSR count). The normalized spacial score (nSPS) is 13.0. The smallest absolute Gasteiger partial charge is 0.254 e. The molecule has 17 aromatic carbocycles. The van der Waals surface area contributed by atoms with Crippen LogP contribution in [-0.2, 0) is 0 Å². The second-order valence-corrected chi connectivity index (χ2v) is 32.0. The molecule has 4 aliphatic heterocycles. The minimum Gasteiger partial charge on any atom is -0.310 e. The van der Waals surface area contributed by atoms with E-state index in [-0.39, 0.29) is 13.4 Å². The van der Waals surface area contributed by atoms with Crippen LogP contribution in [0.4, 0.5) is 34.1 Å². The number of hydrogen-bond acceptors (Lipinski definition) is 3. The van der Waals surface area contributed by atoms with E-state index in [4.69, 9.17) is 0 Å². The molecule has 7 nitrogen and oxygen atoms in total. The highest BCUT2D eigenvalue weighted by atomic mass is 32.1. The second kappa shape index (κ2) is 21.8. The zero-order valence-electron chi connectivity index (χ0n) is 60.3. The van der Waals surface area contributed by atoms with Gasteiger partial charge >= 0.3 is 0 Å². The first-order chi connectivity index (χ1) is 55.6. The molecule has 0 spiro atoms. The Balaban J connectivity index is 0.682. The molecule has 112 heavy (non-hydrogen) atoms. The van der Waals surface area contributed by atoms with Gasteiger partial charge in [-0.25, -0.2) is 0 Å². The maximum Gasteiger partial charge on any atom is 0.254 e. The largest absolute Gasteiger partial charge is 0.310 e. The van der Waals surface area contributed by atoms with Crippen molar-refractivity contribution in [1.82, 2.24) is 22.8 Å². The molecule has 0 unspecified atom stereocenters. The summed E-state index contributed by atoms with van der Waals surface area (Å²) in [6, 6.07) is 135. The summed E-state index contributed by atoms with van der Waals surface area (Å²) in [4.78, 5) is 4.96. The van der Waals surface area contributed by atoms with E-state index in [0.717, 1.165) is 45.4 Å². The summed E-state index contributed by atoms with van der Waals surface area (Å²) in [6.07, 6.45) is 0. The number of fused-ring (bicyclic) bond motifs is 28. The first-order valence-electron chi connectivity index (χ1n) is 38.9. The van der Waals surface area contributed by atoms with Crippen molar-refractivity contribution in [2.75, 3.05) is 9.80 Å². The monoisotopic (exact) mass is 1440 g/mol. The zero-order valence-corrected chi connectivity index (χ0v) is 61.1. The van der Waals surface area contributed by atoms with E-state index < -0.39 is 0 Å². The van der Waals surface area contributed by atoms with Gasteiger partial charge in [0.05, 0.1) is 55.5 Å².